The van der Waals surface area contributed by atoms with Gasteiger partial charge in [0.2, 0.25) is 0 Å². The Labute approximate surface area is 145 Å². The van der Waals surface area contributed by atoms with Crippen molar-refractivity contribution in [2.75, 3.05) is 6.54 Å². The van der Waals surface area contributed by atoms with E-state index >= 15 is 0 Å². The Morgan fingerprint density at radius 1 is 1.24 bits per heavy atom. The van der Waals surface area contributed by atoms with Crippen molar-refractivity contribution in [3.8, 4) is 0 Å². The van der Waals surface area contributed by atoms with Crippen molar-refractivity contribution < 1.29 is 5.11 Å². The minimum absolute atomic E-state index is 0.238. The average Bonchev–Trinajstić information content (AvgIpc) is 3.28. The van der Waals surface area contributed by atoms with E-state index in [1.165, 1.54) is 5.56 Å². The number of rotatable bonds is 5. The summed E-state index contributed by atoms with van der Waals surface area (Å²) in [5.41, 5.74) is 3.11. The summed E-state index contributed by atoms with van der Waals surface area (Å²) in [6.45, 7) is 1.54. The van der Waals surface area contributed by atoms with Gasteiger partial charge in [-0.15, -0.1) is 15.3 Å². The van der Waals surface area contributed by atoms with E-state index in [1.807, 2.05) is 24.7 Å². The van der Waals surface area contributed by atoms with Gasteiger partial charge in [0.1, 0.15) is 17.7 Å². The standard InChI is InChI=1S/C17H23N7O/c1-23-10-19-21-17(23)12-6-13(16(25)7-12)9-18-8-11-3-4-15-14(5-11)20-22-24(15)2/h3-5,10,12-13,16,18,25H,6-9H2,1-2H3/t12-,13+,16+/m0/s1. The molecule has 2 aromatic heterocycles. The Hall–Kier alpha value is -2.32. The van der Waals surface area contributed by atoms with Crippen LogP contribution >= 0.6 is 0 Å². The fourth-order valence-corrected chi connectivity index (χ4v) is 3.79. The molecular weight excluding hydrogens is 318 g/mol. The van der Waals surface area contributed by atoms with Gasteiger partial charge in [-0.2, -0.15) is 0 Å². The zero-order chi connectivity index (χ0) is 17.4. The number of nitrogens with one attached hydrogen (secondary N) is 1. The van der Waals surface area contributed by atoms with Gasteiger partial charge in [0, 0.05) is 33.1 Å². The summed E-state index contributed by atoms with van der Waals surface area (Å²) in [7, 11) is 3.85. The number of aromatic nitrogens is 6. The number of hydrogen-bond donors (Lipinski definition) is 2. The Morgan fingerprint density at radius 2 is 2.12 bits per heavy atom. The second-order valence-corrected chi connectivity index (χ2v) is 6.96. The largest absolute Gasteiger partial charge is 0.393 e. The van der Waals surface area contributed by atoms with Crippen LogP contribution in [0.25, 0.3) is 11.0 Å². The van der Waals surface area contributed by atoms with E-state index in [-0.39, 0.29) is 17.9 Å². The molecule has 0 spiro atoms. The maximum absolute atomic E-state index is 10.4. The zero-order valence-electron chi connectivity index (χ0n) is 14.5. The fraction of sp³-hybridized carbons (Fsp3) is 0.529. The summed E-state index contributed by atoms with van der Waals surface area (Å²) in [6.07, 6.45) is 3.11. The van der Waals surface area contributed by atoms with Crippen LogP contribution in [0.1, 0.15) is 30.1 Å². The van der Waals surface area contributed by atoms with Gasteiger partial charge in [0.15, 0.2) is 0 Å². The van der Waals surface area contributed by atoms with E-state index in [9.17, 15) is 5.11 Å². The quantitative estimate of drug-likeness (QED) is 0.711. The second-order valence-electron chi connectivity index (χ2n) is 6.96. The number of aliphatic hydroxyl groups is 1. The summed E-state index contributed by atoms with van der Waals surface area (Å²) in [5.74, 6) is 1.49. The molecule has 8 nitrogen and oxygen atoms in total. The highest BCUT2D eigenvalue weighted by Crippen LogP contribution is 2.37. The van der Waals surface area contributed by atoms with Crippen molar-refractivity contribution in [3.63, 3.8) is 0 Å². The van der Waals surface area contributed by atoms with Crippen LogP contribution in [-0.4, -0.2) is 47.5 Å². The lowest BCUT2D eigenvalue weighted by Crippen LogP contribution is -2.27. The van der Waals surface area contributed by atoms with Gasteiger partial charge >= 0.3 is 0 Å². The molecular formula is C17H23N7O. The average molecular weight is 341 g/mol. The Morgan fingerprint density at radius 3 is 2.92 bits per heavy atom. The van der Waals surface area contributed by atoms with Gasteiger partial charge in [-0.1, -0.05) is 11.3 Å². The molecule has 132 valence electrons. The van der Waals surface area contributed by atoms with Crippen LogP contribution in [0.15, 0.2) is 24.5 Å². The molecule has 1 aromatic carbocycles. The minimum atomic E-state index is -0.295. The normalized spacial score (nSPS) is 23.6. The molecule has 0 amide bonds. The third-order valence-corrected chi connectivity index (χ3v) is 5.18. The first-order chi connectivity index (χ1) is 12.1. The van der Waals surface area contributed by atoms with Crippen molar-refractivity contribution >= 4 is 11.0 Å². The predicted molar refractivity (Wildman–Crippen MR) is 92.7 cm³/mol. The molecule has 2 heterocycles. The van der Waals surface area contributed by atoms with E-state index in [2.05, 4.69) is 38.0 Å². The highest BCUT2D eigenvalue weighted by molar-refractivity contribution is 5.74. The molecule has 0 bridgehead atoms. The van der Waals surface area contributed by atoms with Crippen LogP contribution in [0.2, 0.25) is 0 Å². The van der Waals surface area contributed by atoms with Crippen LogP contribution in [0.4, 0.5) is 0 Å². The van der Waals surface area contributed by atoms with Crippen LogP contribution in [0, 0.1) is 5.92 Å². The third-order valence-electron chi connectivity index (χ3n) is 5.18. The first kappa shape index (κ1) is 16.2. The molecule has 3 aromatic rings. The highest BCUT2D eigenvalue weighted by atomic mass is 16.3. The van der Waals surface area contributed by atoms with Crippen molar-refractivity contribution in [1.29, 1.82) is 0 Å². The predicted octanol–water partition coefficient (Wildman–Crippen LogP) is 0.741. The highest BCUT2D eigenvalue weighted by Gasteiger charge is 2.35. The van der Waals surface area contributed by atoms with E-state index in [4.69, 9.17) is 0 Å². The number of hydrogen-bond acceptors (Lipinski definition) is 6. The molecule has 0 radical (unpaired) electrons. The van der Waals surface area contributed by atoms with E-state index < -0.39 is 0 Å². The number of aryl methyl sites for hydroxylation is 2. The first-order valence-corrected chi connectivity index (χ1v) is 8.63. The number of fused-ring (bicyclic) bond motifs is 1. The van der Waals surface area contributed by atoms with E-state index in [1.54, 1.807) is 11.0 Å². The van der Waals surface area contributed by atoms with Gasteiger partial charge in [-0.3, -0.25) is 0 Å². The lowest BCUT2D eigenvalue weighted by molar-refractivity contribution is 0.131. The van der Waals surface area contributed by atoms with Crippen LogP contribution < -0.4 is 5.32 Å². The van der Waals surface area contributed by atoms with Gasteiger partial charge in [-0.25, -0.2) is 4.68 Å². The molecule has 0 aliphatic heterocycles. The number of aliphatic hydroxyl groups excluding tert-OH is 1. The molecule has 1 saturated carbocycles. The summed E-state index contributed by atoms with van der Waals surface area (Å²) in [5, 5.41) is 30.2. The zero-order valence-corrected chi connectivity index (χ0v) is 14.5. The Bertz CT molecular complexity index is 871. The molecule has 8 heteroatoms. The topological polar surface area (TPSA) is 93.7 Å². The van der Waals surface area contributed by atoms with Crippen LogP contribution in [-0.2, 0) is 20.6 Å². The molecule has 2 N–H and O–H groups in total. The van der Waals surface area contributed by atoms with Crippen molar-refractivity contribution in [2.45, 2.75) is 31.4 Å². The van der Waals surface area contributed by atoms with Crippen LogP contribution in [0.3, 0.4) is 0 Å². The molecule has 1 aliphatic rings. The lowest BCUT2D eigenvalue weighted by Gasteiger charge is -2.15. The van der Waals surface area contributed by atoms with Crippen molar-refractivity contribution in [3.05, 3.63) is 35.9 Å². The van der Waals surface area contributed by atoms with Crippen LogP contribution in [0.5, 0.6) is 0 Å². The maximum Gasteiger partial charge on any atom is 0.135 e. The van der Waals surface area contributed by atoms with Gasteiger partial charge < -0.3 is 15.0 Å². The number of nitrogens with zero attached hydrogens (tertiary/aromatic N) is 6. The Balaban J connectivity index is 1.34. The van der Waals surface area contributed by atoms with Crippen molar-refractivity contribution in [1.82, 2.24) is 35.1 Å². The smallest absolute Gasteiger partial charge is 0.135 e. The second kappa shape index (κ2) is 6.53. The first-order valence-electron chi connectivity index (χ1n) is 8.63. The molecule has 1 fully saturated rings. The van der Waals surface area contributed by atoms with E-state index in [0.717, 1.165) is 42.8 Å². The summed E-state index contributed by atoms with van der Waals surface area (Å²) in [4.78, 5) is 0. The summed E-state index contributed by atoms with van der Waals surface area (Å²) < 4.78 is 3.72. The monoisotopic (exact) mass is 341 g/mol. The molecule has 25 heavy (non-hydrogen) atoms. The third kappa shape index (κ3) is 3.14. The molecule has 1 aliphatic carbocycles. The van der Waals surface area contributed by atoms with Gasteiger partial charge in [-0.05, 0) is 36.5 Å². The maximum atomic E-state index is 10.4. The Kier molecular flexibility index (Phi) is 4.22. The fourth-order valence-electron chi connectivity index (χ4n) is 3.79. The van der Waals surface area contributed by atoms with Gasteiger partial charge in [0.25, 0.3) is 0 Å². The minimum Gasteiger partial charge on any atom is -0.393 e. The molecule has 4 rings (SSSR count). The summed E-state index contributed by atoms with van der Waals surface area (Å²) in [6, 6.07) is 6.19. The SMILES string of the molecule is Cn1cnnc1[C@H]1C[C@H](CNCc2ccc3c(c2)nnn3C)[C@H](O)C1. The molecule has 0 saturated heterocycles. The van der Waals surface area contributed by atoms with Crippen molar-refractivity contribution in [2.24, 2.45) is 20.0 Å². The van der Waals surface area contributed by atoms with E-state index in [0.29, 0.717) is 0 Å². The summed E-state index contributed by atoms with van der Waals surface area (Å²) >= 11 is 0. The lowest BCUT2D eigenvalue weighted by atomic mass is 10.0. The van der Waals surface area contributed by atoms with Gasteiger partial charge in [0.05, 0.1) is 11.6 Å². The molecule has 0 unspecified atom stereocenters. The number of benzene rings is 1. The molecule has 3 atom stereocenters.